The lowest BCUT2D eigenvalue weighted by atomic mass is 9.72. The lowest BCUT2D eigenvalue weighted by Gasteiger charge is -2.32. The van der Waals surface area contributed by atoms with Gasteiger partial charge in [0.15, 0.2) is 0 Å². The van der Waals surface area contributed by atoms with Gasteiger partial charge in [-0.1, -0.05) is 345 Å². The molecule has 0 radical (unpaired) electrons. The molecule has 0 aromatic heterocycles. The molecule has 2 nitrogen and oxygen atoms in total. The van der Waals surface area contributed by atoms with Crippen LogP contribution >= 0.6 is 54.5 Å². The van der Waals surface area contributed by atoms with E-state index in [0.717, 1.165) is 34.6 Å². The fourth-order valence-electron chi connectivity index (χ4n) is 14.1. The maximum Gasteiger partial charge on any atom is 0.495 e. The van der Waals surface area contributed by atoms with E-state index in [4.69, 9.17) is 9.31 Å². The van der Waals surface area contributed by atoms with E-state index in [1.54, 1.807) is 0 Å². The zero-order valence-electron chi connectivity index (χ0n) is 64.7. The van der Waals surface area contributed by atoms with Crippen LogP contribution in [0.1, 0.15) is 231 Å². The van der Waals surface area contributed by atoms with Crippen molar-refractivity contribution in [3.05, 3.63) is 264 Å². The van der Waals surface area contributed by atoms with Crippen molar-refractivity contribution in [3.63, 3.8) is 0 Å². The average Bonchev–Trinajstić information content (AvgIpc) is 1.60. The number of hydrogen-bond acceptors (Lipinski definition) is 2. The molecule has 0 amide bonds. The Morgan fingerprint density at radius 3 is 0.808 bits per heavy atom. The smallest absolute Gasteiger partial charge is 0.399 e. The molecule has 0 aliphatic carbocycles. The lowest BCUT2D eigenvalue weighted by molar-refractivity contribution is 0.00578. The fraction of sp³-hybridized carbons (Fsp3) is 0.388. The monoisotopic (exact) mass is 1620 g/mol. The normalized spacial score (nSPS) is 13.0. The summed E-state index contributed by atoms with van der Waals surface area (Å²) in [5.74, 6) is 0. The van der Waals surface area contributed by atoms with Gasteiger partial charge < -0.3 is 9.31 Å². The molecule has 0 unspecified atom stereocenters. The van der Waals surface area contributed by atoms with Crippen molar-refractivity contribution in [1.82, 2.24) is 0 Å². The van der Waals surface area contributed by atoms with E-state index >= 15 is 0 Å². The van der Waals surface area contributed by atoms with E-state index < -0.39 is 0 Å². The standard InChI is InChI=1S/C46H53Br.C40H57BO2.C12H8BrI/c1-4-7-10-12-15-42-34-46(41-27-23-38(24-28-41)39-29-31-44(47)32-30-39)43(16-13-11-8-5-2)33-45(42)40-25-21-37(22-26-40)36-19-17-35(18-20-36)14-9-6-3;1-8-11-14-16-19-35-30-38(41-42-39(4,5)40(6,7)43-41)36(20-17-15-12-9-2)29-37(35)34-27-25-33(26-28-34)32-23-21-31(22-24-32)18-13-10-3;13-11-5-1-9(2-6-11)10-3-7-12(14)8-4-10/h17-34H,4-16H2,1-3H3;21-30H,8-20H2,1-7H3;1-8H. The summed E-state index contributed by atoms with van der Waals surface area (Å²) in [6.07, 6.45) is 31.9. The molecule has 1 aliphatic rings. The van der Waals surface area contributed by atoms with Gasteiger partial charge in [-0.15, -0.1) is 0 Å². The second-order valence-electron chi connectivity index (χ2n) is 30.1. The summed E-state index contributed by atoms with van der Waals surface area (Å²) in [5.41, 5.74) is 27.6. The molecule has 0 saturated carbocycles. The third-order valence-electron chi connectivity index (χ3n) is 21.4. The van der Waals surface area contributed by atoms with Crippen LogP contribution < -0.4 is 5.46 Å². The third-order valence-corrected chi connectivity index (χ3v) is 23.2. The molecule has 1 saturated heterocycles. The third kappa shape index (κ3) is 24.2. The highest BCUT2D eigenvalue weighted by Crippen LogP contribution is 2.40. The Labute approximate surface area is 660 Å². The lowest BCUT2D eigenvalue weighted by Crippen LogP contribution is -2.41. The highest BCUT2D eigenvalue weighted by atomic mass is 127. The van der Waals surface area contributed by atoms with E-state index in [0.29, 0.717) is 0 Å². The first-order valence-electron chi connectivity index (χ1n) is 40.0. The average molecular weight is 1630 g/mol. The van der Waals surface area contributed by atoms with Gasteiger partial charge in [-0.3, -0.25) is 0 Å². The first-order valence-corrected chi connectivity index (χ1v) is 42.6. The molecule has 0 spiro atoms. The number of hydrogen-bond donors (Lipinski definition) is 0. The van der Waals surface area contributed by atoms with Crippen LogP contribution in [0.2, 0.25) is 0 Å². The van der Waals surface area contributed by atoms with Crippen molar-refractivity contribution in [3.8, 4) is 77.9 Å². The number of aryl methyl sites for hydroxylation is 6. The zero-order valence-corrected chi connectivity index (χ0v) is 70.0. The van der Waals surface area contributed by atoms with E-state index in [1.807, 2.05) is 0 Å². The van der Waals surface area contributed by atoms with Gasteiger partial charge in [0.05, 0.1) is 11.2 Å². The molecule has 10 aromatic carbocycles. The summed E-state index contributed by atoms with van der Waals surface area (Å²) in [4.78, 5) is 0. The molecular weight excluding hydrogens is 1510 g/mol. The molecule has 104 heavy (non-hydrogen) atoms. The highest BCUT2D eigenvalue weighted by molar-refractivity contribution is 14.1. The van der Waals surface area contributed by atoms with Gasteiger partial charge in [0.2, 0.25) is 0 Å². The van der Waals surface area contributed by atoms with E-state index in [-0.39, 0.29) is 18.3 Å². The van der Waals surface area contributed by atoms with Crippen LogP contribution in [0.25, 0.3) is 77.9 Å². The molecule has 0 N–H and O–H groups in total. The predicted octanol–water partition coefficient (Wildman–Crippen LogP) is 30.3. The van der Waals surface area contributed by atoms with E-state index in [2.05, 4.69) is 342 Å². The first kappa shape index (κ1) is 81.9. The predicted molar refractivity (Wildman–Crippen MR) is 470 cm³/mol. The second kappa shape index (κ2) is 42.4. The Morgan fingerprint density at radius 2 is 0.510 bits per heavy atom. The van der Waals surface area contributed by atoms with Crippen LogP contribution in [-0.2, 0) is 47.8 Å². The Bertz CT molecular complexity index is 4080. The van der Waals surface area contributed by atoms with Gasteiger partial charge in [0.1, 0.15) is 0 Å². The summed E-state index contributed by atoms with van der Waals surface area (Å²) in [6, 6.07) is 81.8. The molecule has 546 valence electrons. The van der Waals surface area contributed by atoms with Crippen molar-refractivity contribution < 1.29 is 9.31 Å². The molecule has 11 rings (SSSR count). The summed E-state index contributed by atoms with van der Waals surface area (Å²) in [6.45, 7) is 22.3. The molecular formula is C98H118BBr2IO2. The topological polar surface area (TPSA) is 18.5 Å². The number of halogens is 3. The molecule has 1 aliphatic heterocycles. The minimum atomic E-state index is -0.346. The first-order chi connectivity index (χ1) is 50.5. The van der Waals surface area contributed by atoms with Gasteiger partial charge >= 0.3 is 7.12 Å². The van der Waals surface area contributed by atoms with Crippen LogP contribution in [-0.4, -0.2) is 18.3 Å². The van der Waals surface area contributed by atoms with Crippen LogP contribution in [0.3, 0.4) is 0 Å². The van der Waals surface area contributed by atoms with E-state index in [9.17, 15) is 0 Å². The minimum Gasteiger partial charge on any atom is -0.399 e. The quantitative estimate of drug-likeness (QED) is 0.0227. The van der Waals surface area contributed by atoms with Gasteiger partial charge in [0, 0.05) is 12.5 Å². The van der Waals surface area contributed by atoms with Crippen LogP contribution in [0, 0.1) is 3.57 Å². The van der Waals surface area contributed by atoms with E-state index in [1.165, 1.54) is 262 Å². The Kier molecular flexibility index (Phi) is 33.4. The Morgan fingerprint density at radius 1 is 0.269 bits per heavy atom. The molecule has 0 bridgehead atoms. The minimum absolute atomic E-state index is 0.322. The molecule has 10 aromatic rings. The van der Waals surface area contributed by atoms with Gasteiger partial charge in [-0.25, -0.2) is 0 Å². The maximum absolute atomic E-state index is 6.63. The summed E-state index contributed by atoms with van der Waals surface area (Å²) >= 11 is 9.32. The highest BCUT2D eigenvalue weighted by Gasteiger charge is 2.52. The van der Waals surface area contributed by atoms with Gasteiger partial charge in [-0.2, -0.15) is 0 Å². The van der Waals surface area contributed by atoms with Crippen LogP contribution in [0.4, 0.5) is 0 Å². The van der Waals surface area contributed by atoms with Crippen molar-refractivity contribution in [2.45, 2.75) is 247 Å². The largest absolute Gasteiger partial charge is 0.495 e. The van der Waals surface area contributed by atoms with Crippen molar-refractivity contribution in [2.24, 2.45) is 0 Å². The second-order valence-corrected chi connectivity index (χ2v) is 33.1. The van der Waals surface area contributed by atoms with Crippen LogP contribution in [0.5, 0.6) is 0 Å². The van der Waals surface area contributed by atoms with Crippen molar-refractivity contribution in [1.29, 1.82) is 0 Å². The van der Waals surface area contributed by atoms with Crippen LogP contribution in [0.15, 0.2) is 227 Å². The summed E-state index contributed by atoms with van der Waals surface area (Å²) in [7, 11) is -0.322. The number of rotatable bonds is 34. The zero-order chi connectivity index (χ0) is 73.7. The molecule has 1 heterocycles. The van der Waals surface area contributed by atoms with Gasteiger partial charge in [0.25, 0.3) is 0 Å². The van der Waals surface area contributed by atoms with Gasteiger partial charge in [-0.05, 0) is 280 Å². The Balaban J connectivity index is 0.000000203. The SMILES string of the molecule is Brc1ccc(-c2ccc(I)cc2)cc1.CCCCCCc1cc(-c2ccc(-c3ccc(CCCC)cc3)cc2)c(CCCCCC)cc1-c1ccc(-c2ccc(Br)cc2)cc1.CCCCCCc1cc(-c2ccc(-c3ccc(CCCC)cc3)cc2)c(CCCCCC)cc1B1OC(C)(C)C(C)(C)O1. The molecule has 6 heteroatoms. The summed E-state index contributed by atoms with van der Waals surface area (Å²) in [5, 5.41) is 0. The molecule has 0 atom stereocenters. The van der Waals surface area contributed by atoms with Crippen molar-refractivity contribution in [2.75, 3.05) is 0 Å². The summed E-state index contributed by atoms with van der Waals surface area (Å²) < 4.78 is 16.8. The molecule has 1 fully saturated rings. The number of benzene rings is 10. The Hall–Kier alpha value is -6.13. The maximum atomic E-state index is 6.63. The van der Waals surface area contributed by atoms with Crippen molar-refractivity contribution >= 4 is 67.0 Å². The fourth-order valence-corrected chi connectivity index (χ4v) is 15.0. The number of unbranched alkanes of at least 4 members (excludes halogenated alkanes) is 14.